The molecule has 0 spiro atoms. The van der Waals surface area contributed by atoms with Crippen LogP contribution in [0.3, 0.4) is 0 Å². The maximum absolute atomic E-state index is 5.63. The summed E-state index contributed by atoms with van der Waals surface area (Å²) in [5.74, 6) is 1.48. The van der Waals surface area contributed by atoms with Gasteiger partial charge < -0.3 is 14.4 Å². The molecule has 0 saturated carbocycles. The summed E-state index contributed by atoms with van der Waals surface area (Å²) in [6.45, 7) is 3.47. The standard InChI is InChI=1S/C13H17BrN2O2/c14-11-4-1-5-15-12(11)16-6-2-3-10(9-16)13-17-7-8-18-13/h1,4-5,10,13H,2-3,6-9H2. The molecule has 1 unspecified atom stereocenters. The Morgan fingerprint density at radius 3 is 2.94 bits per heavy atom. The fourth-order valence-electron chi connectivity index (χ4n) is 2.68. The molecule has 18 heavy (non-hydrogen) atoms. The summed E-state index contributed by atoms with van der Waals surface area (Å²) in [6.07, 6.45) is 4.16. The lowest BCUT2D eigenvalue weighted by molar-refractivity contribution is -0.0859. The molecule has 3 rings (SSSR count). The van der Waals surface area contributed by atoms with Crippen molar-refractivity contribution >= 4 is 21.7 Å². The van der Waals surface area contributed by atoms with Crippen molar-refractivity contribution in [2.75, 3.05) is 31.2 Å². The first-order valence-corrected chi connectivity index (χ1v) is 7.22. The van der Waals surface area contributed by atoms with Gasteiger partial charge in [-0.25, -0.2) is 4.98 Å². The molecule has 0 aliphatic carbocycles. The van der Waals surface area contributed by atoms with Crippen molar-refractivity contribution in [1.29, 1.82) is 0 Å². The Hall–Kier alpha value is -0.650. The predicted molar refractivity (Wildman–Crippen MR) is 72.6 cm³/mol. The molecule has 0 aromatic carbocycles. The molecule has 2 saturated heterocycles. The molecule has 2 aliphatic heterocycles. The monoisotopic (exact) mass is 312 g/mol. The van der Waals surface area contributed by atoms with Gasteiger partial charge in [0, 0.05) is 25.2 Å². The summed E-state index contributed by atoms with van der Waals surface area (Å²) in [7, 11) is 0. The van der Waals surface area contributed by atoms with Crippen molar-refractivity contribution in [1.82, 2.24) is 4.98 Å². The molecule has 3 heterocycles. The second-order valence-corrected chi connectivity index (χ2v) is 5.62. The normalized spacial score (nSPS) is 25.6. The number of hydrogen-bond acceptors (Lipinski definition) is 4. The van der Waals surface area contributed by atoms with E-state index in [9.17, 15) is 0 Å². The minimum Gasteiger partial charge on any atom is -0.355 e. The van der Waals surface area contributed by atoms with E-state index >= 15 is 0 Å². The van der Waals surface area contributed by atoms with Crippen molar-refractivity contribution in [3.63, 3.8) is 0 Å². The van der Waals surface area contributed by atoms with Crippen LogP contribution in [0.25, 0.3) is 0 Å². The van der Waals surface area contributed by atoms with Gasteiger partial charge in [0.25, 0.3) is 0 Å². The minimum atomic E-state index is -0.0183. The molecule has 2 aliphatic rings. The maximum atomic E-state index is 5.63. The van der Waals surface area contributed by atoms with Gasteiger partial charge in [-0.05, 0) is 40.9 Å². The Morgan fingerprint density at radius 1 is 1.33 bits per heavy atom. The van der Waals surface area contributed by atoms with Crippen molar-refractivity contribution in [3.8, 4) is 0 Å². The van der Waals surface area contributed by atoms with E-state index in [1.165, 1.54) is 6.42 Å². The Labute approximate surface area is 115 Å². The van der Waals surface area contributed by atoms with Gasteiger partial charge in [0.1, 0.15) is 5.82 Å². The second-order valence-electron chi connectivity index (χ2n) is 4.77. The summed E-state index contributed by atoms with van der Waals surface area (Å²) in [4.78, 5) is 6.78. The fraction of sp³-hybridized carbons (Fsp3) is 0.615. The van der Waals surface area contributed by atoms with Crippen LogP contribution < -0.4 is 4.90 Å². The zero-order valence-electron chi connectivity index (χ0n) is 10.2. The molecular formula is C13H17BrN2O2. The van der Waals surface area contributed by atoms with Crippen LogP contribution in [0, 0.1) is 5.92 Å². The molecule has 5 heteroatoms. The third-order valence-corrected chi connectivity index (χ3v) is 4.15. The lowest BCUT2D eigenvalue weighted by Gasteiger charge is -2.35. The summed E-state index contributed by atoms with van der Waals surface area (Å²) < 4.78 is 12.3. The van der Waals surface area contributed by atoms with Gasteiger partial charge in [-0.15, -0.1) is 0 Å². The van der Waals surface area contributed by atoms with E-state index in [0.717, 1.165) is 43.0 Å². The highest BCUT2D eigenvalue weighted by molar-refractivity contribution is 9.10. The van der Waals surface area contributed by atoms with Crippen LogP contribution in [0.5, 0.6) is 0 Å². The smallest absolute Gasteiger partial charge is 0.162 e. The van der Waals surface area contributed by atoms with Gasteiger partial charge in [0.15, 0.2) is 6.29 Å². The molecule has 2 fully saturated rings. The highest BCUT2D eigenvalue weighted by Gasteiger charge is 2.31. The average molecular weight is 313 g/mol. The third kappa shape index (κ3) is 2.53. The van der Waals surface area contributed by atoms with Crippen LogP contribution >= 0.6 is 15.9 Å². The number of pyridine rings is 1. The van der Waals surface area contributed by atoms with Crippen molar-refractivity contribution in [2.45, 2.75) is 19.1 Å². The van der Waals surface area contributed by atoms with Gasteiger partial charge in [-0.3, -0.25) is 0 Å². The van der Waals surface area contributed by atoms with Gasteiger partial charge >= 0.3 is 0 Å². The van der Waals surface area contributed by atoms with Gasteiger partial charge in [-0.1, -0.05) is 0 Å². The van der Waals surface area contributed by atoms with Crippen LogP contribution in [0.4, 0.5) is 5.82 Å². The third-order valence-electron chi connectivity index (χ3n) is 3.53. The van der Waals surface area contributed by atoms with Crippen molar-refractivity contribution in [2.24, 2.45) is 5.92 Å². The number of piperidine rings is 1. The van der Waals surface area contributed by atoms with E-state index in [0.29, 0.717) is 5.92 Å². The molecule has 1 aromatic heterocycles. The molecule has 98 valence electrons. The number of hydrogen-bond donors (Lipinski definition) is 0. The molecule has 0 N–H and O–H groups in total. The molecular weight excluding hydrogens is 296 g/mol. The highest BCUT2D eigenvalue weighted by Crippen LogP contribution is 2.30. The SMILES string of the molecule is Brc1cccnc1N1CCCC(C2OCCO2)C1. The van der Waals surface area contributed by atoms with E-state index < -0.39 is 0 Å². The number of nitrogens with zero attached hydrogens (tertiary/aromatic N) is 2. The minimum absolute atomic E-state index is 0.0183. The number of halogens is 1. The summed E-state index contributed by atoms with van der Waals surface area (Å²) in [5.41, 5.74) is 0. The Balaban J connectivity index is 1.72. The Morgan fingerprint density at radius 2 is 2.17 bits per heavy atom. The van der Waals surface area contributed by atoms with E-state index in [1.54, 1.807) is 0 Å². The lowest BCUT2D eigenvalue weighted by Crippen LogP contribution is -2.41. The van der Waals surface area contributed by atoms with E-state index in [1.807, 2.05) is 18.3 Å². The first-order chi connectivity index (χ1) is 8.84. The van der Waals surface area contributed by atoms with Gasteiger partial charge in [0.05, 0.1) is 17.7 Å². The first-order valence-electron chi connectivity index (χ1n) is 6.43. The van der Waals surface area contributed by atoms with E-state index in [4.69, 9.17) is 9.47 Å². The zero-order valence-corrected chi connectivity index (χ0v) is 11.8. The summed E-state index contributed by atoms with van der Waals surface area (Å²) >= 11 is 3.57. The second kappa shape index (κ2) is 5.55. The number of ether oxygens (including phenoxy) is 2. The lowest BCUT2D eigenvalue weighted by atomic mass is 9.97. The zero-order chi connectivity index (χ0) is 12.4. The van der Waals surface area contributed by atoms with Crippen molar-refractivity contribution in [3.05, 3.63) is 22.8 Å². The van der Waals surface area contributed by atoms with Crippen LogP contribution in [-0.2, 0) is 9.47 Å². The van der Waals surface area contributed by atoms with E-state index in [2.05, 4.69) is 25.8 Å². The predicted octanol–water partition coefficient (Wildman–Crippen LogP) is 2.43. The van der Waals surface area contributed by atoms with Crippen LogP contribution in [0.2, 0.25) is 0 Å². The van der Waals surface area contributed by atoms with E-state index in [-0.39, 0.29) is 6.29 Å². The topological polar surface area (TPSA) is 34.6 Å². The van der Waals surface area contributed by atoms with Gasteiger partial charge in [0.2, 0.25) is 0 Å². The number of rotatable bonds is 2. The quantitative estimate of drug-likeness (QED) is 0.840. The number of anilines is 1. The highest BCUT2D eigenvalue weighted by atomic mass is 79.9. The Bertz CT molecular complexity index is 410. The Kier molecular flexibility index (Phi) is 3.82. The molecule has 0 radical (unpaired) electrons. The molecule has 0 bridgehead atoms. The van der Waals surface area contributed by atoms with Gasteiger partial charge in [-0.2, -0.15) is 0 Å². The average Bonchev–Trinajstić information content (AvgIpc) is 2.93. The van der Waals surface area contributed by atoms with Crippen LogP contribution in [0.1, 0.15) is 12.8 Å². The fourth-order valence-corrected chi connectivity index (χ4v) is 3.19. The largest absolute Gasteiger partial charge is 0.355 e. The van der Waals surface area contributed by atoms with Crippen LogP contribution in [-0.4, -0.2) is 37.6 Å². The molecule has 1 aromatic rings. The molecule has 0 amide bonds. The maximum Gasteiger partial charge on any atom is 0.162 e. The van der Waals surface area contributed by atoms with Crippen LogP contribution in [0.15, 0.2) is 22.8 Å². The first kappa shape index (κ1) is 12.4. The molecule has 4 nitrogen and oxygen atoms in total. The molecule has 1 atom stereocenters. The number of aromatic nitrogens is 1. The summed E-state index contributed by atoms with van der Waals surface area (Å²) in [5, 5.41) is 0. The van der Waals surface area contributed by atoms with Crippen molar-refractivity contribution < 1.29 is 9.47 Å². The summed E-state index contributed by atoms with van der Waals surface area (Å²) in [6, 6.07) is 3.98.